The van der Waals surface area contributed by atoms with Gasteiger partial charge in [-0.2, -0.15) is 0 Å². The smallest absolute Gasteiger partial charge is 0.129 e. The fourth-order valence-electron chi connectivity index (χ4n) is 2.35. The molecule has 0 spiro atoms. The third-order valence-electron chi connectivity index (χ3n) is 3.17. The molecule has 1 heterocycles. The van der Waals surface area contributed by atoms with E-state index in [1.165, 1.54) is 6.07 Å². The lowest BCUT2D eigenvalue weighted by atomic mass is 9.92. The van der Waals surface area contributed by atoms with Gasteiger partial charge in [0.15, 0.2) is 0 Å². The van der Waals surface area contributed by atoms with Crippen LogP contribution in [0.15, 0.2) is 22.7 Å². The van der Waals surface area contributed by atoms with Crippen LogP contribution in [0.3, 0.4) is 0 Å². The molecule has 94 valence electrons. The summed E-state index contributed by atoms with van der Waals surface area (Å²) in [6.45, 7) is 4.34. The van der Waals surface area contributed by atoms with Crippen molar-refractivity contribution >= 4 is 15.9 Å². The highest BCUT2D eigenvalue weighted by Gasteiger charge is 2.29. The minimum Gasteiger partial charge on any atom is -0.381 e. The molecule has 1 aromatic carbocycles. The summed E-state index contributed by atoms with van der Waals surface area (Å²) in [4.78, 5) is 0. The summed E-state index contributed by atoms with van der Waals surface area (Å²) < 4.78 is 20.2. The predicted molar refractivity (Wildman–Crippen MR) is 69.4 cm³/mol. The average Bonchev–Trinajstić information content (AvgIpc) is 2.80. The Bertz CT molecular complexity index is 359. The first-order valence-electron chi connectivity index (χ1n) is 5.99. The van der Waals surface area contributed by atoms with Crippen molar-refractivity contribution in [3.05, 3.63) is 34.1 Å². The van der Waals surface area contributed by atoms with Crippen molar-refractivity contribution in [2.24, 2.45) is 5.92 Å². The van der Waals surface area contributed by atoms with Crippen LogP contribution in [0.1, 0.15) is 24.9 Å². The molecular formula is C13H17BrFNO. The minimum absolute atomic E-state index is 0.0260. The Morgan fingerprint density at radius 2 is 2.41 bits per heavy atom. The minimum atomic E-state index is -0.155. The molecule has 1 saturated heterocycles. The van der Waals surface area contributed by atoms with Crippen LogP contribution >= 0.6 is 15.9 Å². The Balaban J connectivity index is 2.31. The molecule has 2 unspecified atom stereocenters. The summed E-state index contributed by atoms with van der Waals surface area (Å²) in [6.07, 6.45) is 0.985. The van der Waals surface area contributed by atoms with E-state index < -0.39 is 0 Å². The van der Waals surface area contributed by atoms with Crippen LogP contribution in [-0.4, -0.2) is 19.8 Å². The third kappa shape index (κ3) is 2.87. The molecule has 0 amide bonds. The van der Waals surface area contributed by atoms with Crippen molar-refractivity contribution in [2.75, 3.05) is 19.8 Å². The second-order valence-electron chi connectivity index (χ2n) is 4.29. The molecule has 17 heavy (non-hydrogen) atoms. The standard InChI is InChI=1S/C13H17BrFNO/c1-2-16-13(9-6-7-17-8-9)12-10(14)4-3-5-11(12)15/h3-5,9,13,16H,2,6-8H2,1H3. The predicted octanol–water partition coefficient (Wildman–Crippen LogP) is 3.28. The van der Waals surface area contributed by atoms with Gasteiger partial charge in [-0.25, -0.2) is 4.39 Å². The summed E-state index contributed by atoms with van der Waals surface area (Å²) >= 11 is 3.44. The molecule has 1 fully saturated rings. The van der Waals surface area contributed by atoms with Gasteiger partial charge in [0.05, 0.1) is 6.61 Å². The molecule has 0 aromatic heterocycles. The molecular weight excluding hydrogens is 285 g/mol. The summed E-state index contributed by atoms with van der Waals surface area (Å²) in [5, 5.41) is 3.37. The van der Waals surface area contributed by atoms with Crippen molar-refractivity contribution in [3.63, 3.8) is 0 Å². The molecule has 1 aliphatic rings. The highest BCUT2D eigenvalue weighted by molar-refractivity contribution is 9.10. The Kier molecular flexibility index (Phi) is 4.54. The second-order valence-corrected chi connectivity index (χ2v) is 5.15. The van der Waals surface area contributed by atoms with Gasteiger partial charge in [-0.15, -0.1) is 0 Å². The maximum Gasteiger partial charge on any atom is 0.129 e. The topological polar surface area (TPSA) is 21.3 Å². The summed E-state index contributed by atoms with van der Waals surface area (Å²) in [5.41, 5.74) is 0.727. The van der Waals surface area contributed by atoms with Crippen molar-refractivity contribution in [3.8, 4) is 0 Å². The van der Waals surface area contributed by atoms with E-state index in [9.17, 15) is 4.39 Å². The summed E-state index contributed by atoms with van der Waals surface area (Å²) in [7, 11) is 0. The highest BCUT2D eigenvalue weighted by Crippen LogP contribution is 2.34. The first-order valence-corrected chi connectivity index (χ1v) is 6.78. The molecule has 0 aliphatic carbocycles. The van der Waals surface area contributed by atoms with Crippen molar-refractivity contribution in [1.82, 2.24) is 5.32 Å². The number of nitrogens with one attached hydrogen (secondary N) is 1. The van der Waals surface area contributed by atoms with Crippen molar-refractivity contribution in [1.29, 1.82) is 0 Å². The van der Waals surface area contributed by atoms with Crippen LogP contribution < -0.4 is 5.32 Å². The number of rotatable bonds is 4. The molecule has 4 heteroatoms. The zero-order chi connectivity index (χ0) is 12.3. The highest BCUT2D eigenvalue weighted by atomic mass is 79.9. The van der Waals surface area contributed by atoms with Gasteiger partial charge in [0.1, 0.15) is 5.82 Å². The van der Waals surface area contributed by atoms with E-state index in [0.29, 0.717) is 12.5 Å². The van der Waals surface area contributed by atoms with E-state index in [0.717, 1.165) is 29.6 Å². The second kappa shape index (κ2) is 5.94. The molecule has 1 N–H and O–H groups in total. The summed E-state index contributed by atoms with van der Waals surface area (Å²) in [5.74, 6) is 0.195. The number of hydrogen-bond donors (Lipinski definition) is 1. The fraction of sp³-hybridized carbons (Fsp3) is 0.538. The first kappa shape index (κ1) is 13.0. The maximum absolute atomic E-state index is 14.0. The molecule has 1 aliphatic heterocycles. The lowest BCUT2D eigenvalue weighted by molar-refractivity contribution is 0.176. The van der Waals surface area contributed by atoms with Gasteiger partial charge in [0.25, 0.3) is 0 Å². The van der Waals surface area contributed by atoms with Crippen LogP contribution in [-0.2, 0) is 4.74 Å². The number of benzene rings is 1. The van der Waals surface area contributed by atoms with E-state index in [4.69, 9.17) is 4.74 Å². The maximum atomic E-state index is 14.0. The van der Waals surface area contributed by atoms with Crippen molar-refractivity contribution < 1.29 is 9.13 Å². The van der Waals surface area contributed by atoms with Crippen molar-refractivity contribution in [2.45, 2.75) is 19.4 Å². The SMILES string of the molecule is CCNC(c1c(F)cccc1Br)C1CCOC1. The molecule has 2 rings (SSSR count). The normalized spacial score (nSPS) is 21.7. The van der Waals surface area contributed by atoms with E-state index in [2.05, 4.69) is 21.2 Å². The molecule has 2 atom stereocenters. The van der Waals surface area contributed by atoms with E-state index in [1.807, 2.05) is 13.0 Å². The number of halogens is 2. The van der Waals surface area contributed by atoms with Gasteiger partial charge < -0.3 is 10.1 Å². The summed E-state index contributed by atoms with van der Waals surface area (Å²) in [6, 6.07) is 5.15. The van der Waals surface area contributed by atoms with Gasteiger partial charge in [0.2, 0.25) is 0 Å². The van der Waals surface area contributed by atoms with Crippen LogP contribution in [0.4, 0.5) is 4.39 Å². The van der Waals surface area contributed by atoms with E-state index >= 15 is 0 Å². The van der Waals surface area contributed by atoms with Gasteiger partial charge in [0, 0.05) is 28.6 Å². The van der Waals surface area contributed by atoms with Gasteiger partial charge in [-0.1, -0.05) is 28.9 Å². The number of hydrogen-bond acceptors (Lipinski definition) is 2. The number of ether oxygens (including phenoxy) is 1. The molecule has 0 bridgehead atoms. The molecule has 0 saturated carbocycles. The fourth-order valence-corrected chi connectivity index (χ4v) is 2.94. The lowest BCUT2D eigenvalue weighted by Crippen LogP contribution is -2.29. The van der Waals surface area contributed by atoms with Crippen LogP contribution in [0.2, 0.25) is 0 Å². The quantitative estimate of drug-likeness (QED) is 0.921. The Morgan fingerprint density at radius 3 is 3.00 bits per heavy atom. The van der Waals surface area contributed by atoms with Crippen LogP contribution in [0.5, 0.6) is 0 Å². The zero-order valence-corrected chi connectivity index (χ0v) is 11.5. The van der Waals surface area contributed by atoms with Gasteiger partial charge in [-0.05, 0) is 25.1 Å². The van der Waals surface area contributed by atoms with Gasteiger partial charge in [-0.3, -0.25) is 0 Å². The van der Waals surface area contributed by atoms with E-state index in [1.54, 1.807) is 6.07 Å². The zero-order valence-electron chi connectivity index (χ0n) is 9.88. The Hall–Kier alpha value is -0.450. The van der Waals surface area contributed by atoms with Crippen LogP contribution in [0, 0.1) is 11.7 Å². The molecule has 0 radical (unpaired) electrons. The van der Waals surface area contributed by atoms with E-state index in [-0.39, 0.29) is 11.9 Å². The molecule has 2 nitrogen and oxygen atoms in total. The first-order chi connectivity index (χ1) is 8.24. The van der Waals surface area contributed by atoms with Crippen LogP contribution in [0.25, 0.3) is 0 Å². The lowest BCUT2D eigenvalue weighted by Gasteiger charge is -2.25. The third-order valence-corrected chi connectivity index (χ3v) is 3.86. The molecule has 1 aromatic rings. The van der Waals surface area contributed by atoms with Gasteiger partial charge >= 0.3 is 0 Å². The Morgan fingerprint density at radius 1 is 1.59 bits per heavy atom. The Labute approximate surface area is 110 Å². The average molecular weight is 302 g/mol. The largest absolute Gasteiger partial charge is 0.381 e. The monoisotopic (exact) mass is 301 g/mol.